The molecule has 2 heterocycles. The minimum absolute atomic E-state index is 0.0481. The number of aromatic nitrogens is 1. The van der Waals surface area contributed by atoms with Gasteiger partial charge >= 0.3 is 0 Å². The van der Waals surface area contributed by atoms with E-state index >= 15 is 0 Å². The summed E-state index contributed by atoms with van der Waals surface area (Å²) in [5.41, 5.74) is 1.30. The Kier molecular flexibility index (Phi) is 5.60. The molecule has 0 aliphatic carbocycles. The van der Waals surface area contributed by atoms with Crippen LogP contribution >= 0.6 is 0 Å². The first-order valence-electron chi connectivity index (χ1n) is 8.56. The molecule has 3 rings (SSSR count). The Labute approximate surface area is 146 Å². The first-order chi connectivity index (χ1) is 12.1. The van der Waals surface area contributed by atoms with Crippen molar-refractivity contribution >= 4 is 5.91 Å². The number of piperidine rings is 1. The zero-order valence-corrected chi connectivity index (χ0v) is 14.0. The van der Waals surface area contributed by atoms with Crippen LogP contribution in [0.25, 0.3) is 0 Å². The van der Waals surface area contributed by atoms with E-state index < -0.39 is 11.6 Å². The molecule has 1 aliphatic heterocycles. The number of halogens is 1. The SMILES string of the molecule is O=C(NC[C@@H](c1cccnc1)N1CCCCC1)c1ccc(F)c(O)c1. The van der Waals surface area contributed by atoms with Crippen molar-refractivity contribution in [2.24, 2.45) is 0 Å². The number of likely N-dealkylation sites (tertiary alicyclic amines) is 1. The number of amides is 1. The predicted octanol–water partition coefficient (Wildman–Crippen LogP) is 2.88. The van der Waals surface area contributed by atoms with Gasteiger partial charge in [-0.1, -0.05) is 12.5 Å². The van der Waals surface area contributed by atoms with E-state index in [1.165, 1.54) is 12.5 Å². The van der Waals surface area contributed by atoms with Gasteiger partial charge in [-0.05, 0) is 55.8 Å². The maximum absolute atomic E-state index is 13.1. The van der Waals surface area contributed by atoms with Crippen LogP contribution in [0.5, 0.6) is 5.75 Å². The zero-order valence-electron chi connectivity index (χ0n) is 14.0. The first kappa shape index (κ1) is 17.4. The molecule has 0 unspecified atom stereocenters. The Morgan fingerprint density at radius 1 is 1.28 bits per heavy atom. The Morgan fingerprint density at radius 2 is 2.08 bits per heavy atom. The van der Waals surface area contributed by atoms with Crippen LogP contribution in [0.4, 0.5) is 4.39 Å². The molecule has 5 nitrogen and oxygen atoms in total. The Bertz CT molecular complexity index is 718. The van der Waals surface area contributed by atoms with Crippen molar-refractivity contribution < 1.29 is 14.3 Å². The highest BCUT2D eigenvalue weighted by Crippen LogP contribution is 2.24. The van der Waals surface area contributed by atoms with E-state index in [0.717, 1.165) is 43.6 Å². The average Bonchev–Trinajstić information content (AvgIpc) is 2.66. The van der Waals surface area contributed by atoms with Gasteiger partial charge in [0.05, 0.1) is 6.04 Å². The Morgan fingerprint density at radius 3 is 2.76 bits per heavy atom. The van der Waals surface area contributed by atoms with Gasteiger partial charge in [0.25, 0.3) is 5.91 Å². The predicted molar refractivity (Wildman–Crippen MR) is 92.8 cm³/mol. The fourth-order valence-electron chi connectivity index (χ4n) is 3.21. The molecule has 0 radical (unpaired) electrons. The third-order valence-electron chi connectivity index (χ3n) is 4.56. The van der Waals surface area contributed by atoms with E-state index in [-0.39, 0.29) is 17.5 Å². The van der Waals surface area contributed by atoms with Gasteiger partial charge < -0.3 is 10.4 Å². The minimum Gasteiger partial charge on any atom is -0.505 e. The van der Waals surface area contributed by atoms with Crippen LogP contribution in [-0.4, -0.2) is 40.5 Å². The van der Waals surface area contributed by atoms with Crippen LogP contribution in [-0.2, 0) is 0 Å². The van der Waals surface area contributed by atoms with Gasteiger partial charge in [-0.15, -0.1) is 0 Å². The molecule has 1 fully saturated rings. The van der Waals surface area contributed by atoms with Gasteiger partial charge in [0.1, 0.15) is 0 Å². The van der Waals surface area contributed by atoms with Crippen molar-refractivity contribution in [2.75, 3.05) is 19.6 Å². The normalized spacial score (nSPS) is 16.4. The molecule has 1 aliphatic rings. The smallest absolute Gasteiger partial charge is 0.251 e. The van der Waals surface area contributed by atoms with Crippen LogP contribution in [0.3, 0.4) is 0 Å². The number of hydrogen-bond acceptors (Lipinski definition) is 4. The highest BCUT2D eigenvalue weighted by Gasteiger charge is 2.23. The van der Waals surface area contributed by atoms with Crippen LogP contribution in [0.15, 0.2) is 42.7 Å². The monoisotopic (exact) mass is 343 g/mol. The second-order valence-corrected chi connectivity index (χ2v) is 6.28. The lowest BCUT2D eigenvalue weighted by Gasteiger charge is -2.34. The van der Waals surface area contributed by atoms with Gasteiger partial charge in [0.2, 0.25) is 0 Å². The van der Waals surface area contributed by atoms with Crippen molar-refractivity contribution in [1.29, 1.82) is 0 Å². The molecule has 2 N–H and O–H groups in total. The molecular formula is C19H22FN3O2. The number of nitrogens with one attached hydrogen (secondary N) is 1. The molecule has 1 aromatic carbocycles. The van der Waals surface area contributed by atoms with Gasteiger partial charge in [0, 0.05) is 24.5 Å². The molecule has 25 heavy (non-hydrogen) atoms. The van der Waals surface area contributed by atoms with Crippen LogP contribution in [0.1, 0.15) is 41.2 Å². The van der Waals surface area contributed by atoms with Crippen LogP contribution in [0.2, 0.25) is 0 Å². The lowest BCUT2D eigenvalue weighted by molar-refractivity contribution is 0.0924. The molecule has 1 saturated heterocycles. The number of phenols is 1. The molecule has 2 aromatic rings. The highest BCUT2D eigenvalue weighted by atomic mass is 19.1. The second-order valence-electron chi connectivity index (χ2n) is 6.28. The number of rotatable bonds is 5. The van der Waals surface area contributed by atoms with E-state index in [4.69, 9.17) is 0 Å². The summed E-state index contributed by atoms with van der Waals surface area (Å²) in [7, 11) is 0. The second kappa shape index (κ2) is 8.07. The third kappa shape index (κ3) is 4.33. The number of carbonyl (C=O) groups is 1. The number of carbonyl (C=O) groups excluding carboxylic acids is 1. The summed E-state index contributed by atoms with van der Waals surface area (Å²) >= 11 is 0. The third-order valence-corrected chi connectivity index (χ3v) is 4.56. The molecular weight excluding hydrogens is 321 g/mol. The fraction of sp³-hybridized carbons (Fsp3) is 0.368. The number of hydrogen-bond donors (Lipinski definition) is 2. The maximum atomic E-state index is 13.1. The van der Waals surface area contributed by atoms with E-state index in [2.05, 4.69) is 15.2 Å². The number of nitrogens with zero attached hydrogens (tertiary/aromatic N) is 2. The van der Waals surface area contributed by atoms with Crippen molar-refractivity contribution in [3.8, 4) is 5.75 Å². The minimum atomic E-state index is -0.738. The van der Waals surface area contributed by atoms with Crippen molar-refractivity contribution in [3.63, 3.8) is 0 Å². The Hall–Kier alpha value is -2.47. The lowest BCUT2D eigenvalue weighted by atomic mass is 10.0. The average molecular weight is 343 g/mol. The van der Waals surface area contributed by atoms with Crippen molar-refractivity contribution in [2.45, 2.75) is 25.3 Å². The quantitative estimate of drug-likeness (QED) is 0.876. The summed E-state index contributed by atoms with van der Waals surface area (Å²) in [6, 6.07) is 7.56. The van der Waals surface area contributed by atoms with Gasteiger partial charge in [-0.3, -0.25) is 14.7 Å². The molecule has 1 aromatic heterocycles. The van der Waals surface area contributed by atoms with Crippen molar-refractivity contribution in [3.05, 3.63) is 59.7 Å². The largest absolute Gasteiger partial charge is 0.505 e. The van der Waals surface area contributed by atoms with Gasteiger partial charge in [-0.2, -0.15) is 0 Å². The summed E-state index contributed by atoms with van der Waals surface area (Å²) in [5, 5.41) is 12.3. The van der Waals surface area contributed by atoms with E-state index in [1.54, 1.807) is 6.20 Å². The summed E-state index contributed by atoms with van der Waals surface area (Å²) in [4.78, 5) is 18.9. The van der Waals surface area contributed by atoms with E-state index in [0.29, 0.717) is 6.54 Å². The molecule has 0 spiro atoms. The molecule has 132 valence electrons. The molecule has 1 atom stereocenters. The Balaban J connectivity index is 1.71. The van der Waals surface area contributed by atoms with Gasteiger partial charge in [0.15, 0.2) is 11.6 Å². The maximum Gasteiger partial charge on any atom is 0.251 e. The lowest BCUT2D eigenvalue weighted by Crippen LogP contribution is -2.40. The fourth-order valence-corrected chi connectivity index (χ4v) is 3.21. The highest BCUT2D eigenvalue weighted by molar-refractivity contribution is 5.94. The topological polar surface area (TPSA) is 65.5 Å². The summed E-state index contributed by atoms with van der Waals surface area (Å²) < 4.78 is 13.1. The first-order valence-corrected chi connectivity index (χ1v) is 8.56. The van der Waals surface area contributed by atoms with Crippen LogP contribution < -0.4 is 5.32 Å². The molecule has 0 saturated carbocycles. The number of benzene rings is 1. The van der Waals surface area contributed by atoms with Crippen LogP contribution in [0, 0.1) is 5.82 Å². The number of phenolic OH excluding ortho intramolecular Hbond substituents is 1. The standard InChI is InChI=1S/C19H22FN3O2/c20-16-7-6-14(11-18(16)24)19(25)22-13-17(15-5-4-8-21-12-15)23-9-2-1-3-10-23/h4-8,11-12,17,24H,1-3,9-10,13H2,(H,22,25)/t17-/m0/s1. The van der Waals surface area contributed by atoms with Crippen molar-refractivity contribution in [1.82, 2.24) is 15.2 Å². The number of aromatic hydroxyl groups is 1. The molecule has 6 heteroatoms. The zero-order chi connectivity index (χ0) is 17.6. The summed E-state index contributed by atoms with van der Waals surface area (Å²) in [5.74, 6) is -1.59. The molecule has 0 bridgehead atoms. The summed E-state index contributed by atoms with van der Waals surface area (Å²) in [6.07, 6.45) is 7.09. The van der Waals surface area contributed by atoms with Gasteiger partial charge in [-0.25, -0.2) is 4.39 Å². The summed E-state index contributed by atoms with van der Waals surface area (Å²) in [6.45, 7) is 2.42. The van der Waals surface area contributed by atoms with E-state index in [1.807, 2.05) is 18.3 Å². The number of pyridine rings is 1. The molecule has 1 amide bonds. The van der Waals surface area contributed by atoms with E-state index in [9.17, 15) is 14.3 Å².